The van der Waals surface area contributed by atoms with Crippen LogP contribution in [0.3, 0.4) is 0 Å². The summed E-state index contributed by atoms with van der Waals surface area (Å²) in [6, 6.07) is 8.32. The van der Waals surface area contributed by atoms with Crippen LogP contribution < -0.4 is 4.74 Å². The van der Waals surface area contributed by atoms with E-state index in [9.17, 15) is 4.79 Å². The minimum absolute atomic E-state index is 0.269. The van der Waals surface area contributed by atoms with Crippen molar-refractivity contribution in [1.29, 1.82) is 0 Å². The van der Waals surface area contributed by atoms with Crippen LogP contribution in [0.4, 0.5) is 0 Å². The molecule has 122 valence electrons. The molecule has 1 saturated heterocycles. The van der Waals surface area contributed by atoms with Crippen molar-refractivity contribution in [3.05, 3.63) is 29.8 Å². The molecule has 1 aromatic carbocycles. The molecule has 0 atom stereocenters. The number of likely N-dealkylation sites (tertiary alicyclic amines) is 1. The average Bonchev–Trinajstić information content (AvgIpc) is 2.49. The van der Waals surface area contributed by atoms with E-state index < -0.39 is 0 Å². The number of rotatable bonds is 4. The van der Waals surface area contributed by atoms with Gasteiger partial charge in [-0.25, -0.2) is 0 Å². The van der Waals surface area contributed by atoms with E-state index in [0.717, 1.165) is 38.1 Å². The number of ether oxygens (including phenoxy) is 1. The summed E-state index contributed by atoms with van der Waals surface area (Å²) in [7, 11) is 0. The van der Waals surface area contributed by atoms with E-state index in [0.29, 0.717) is 12.5 Å². The van der Waals surface area contributed by atoms with Gasteiger partial charge in [-0.2, -0.15) is 0 Å². The molecule has 0 radical (unpaired) electrons. The maximum Gasteiger partial charge on any atom is 0.227 e. The second kappa shape index (κ2) is 7.17. The molecular weight excluding hydrogens is 274 g/mol. The first-order valence-corrected chi connectivity index (χ1v) is 8.42. The third kappa shape index (κ3) is 4.25. The summed E-state index contributed by atoms with van der Waals surface area (Å²) in [5, 5.41) is 0. The lowest BCUT2D eigenvalue weighted by Crippen LogP contribution is -2.44. The van der Waals surface area contributed by atoms with Crippen LogP contribution in [0.1, 0.15) is 46.1 Å². The molecule has 0 aromatic heterocycles. The van der Waals surface area contributed by atoms with Crippen LogP contribution in [-0.2, 0) is 11.2 Å². The number of nitrogens with zero attached hydrogens (tertiary/aromatic N) is 1. The molecule has 0 N–H and O–H groups in total. The minimum Gasteiger partial charge on any atom is -0.494 e. The quantitative estimate of drug-likeness (QED) is 0.844. The number of benzene rings is 1. The van der Waals surface area contributed by atoms with E-state index in [2.05, 4.69) is 18.2 Å². The number of carbonyl (C=O) groups is 1. The molecule has 22 heavy (non-hydrogen) atoms. The summed E-state index contributed by atoms with van der Waals surface area (Å²) in [4.78, 5) is 14.4. The van der Waals surface area contributed by atoms with Crippen LogP contribution in [0.25, 0.3) is 0 Å². The van der Waals surface area contributed by atoms with E-state index in [-0.39, 0.29) is 11.3 Å². The molecule has 0 bridgehead atoms. The number of para-hydroxylation sites is 1. The molecule has 1 aliphatic heterocycles. The Bertz CT molecular complexity index is 496. The normalized spacial score (nSPS) is 16.6. The van der Waals surface area contributed by atoms with E-state index in [4.69, 9.17) is 4.74 Å². The summed E-state index contributed by atoms with van der Waals surface area (Å²) < 4.78 is 5.72. The lowest BCUT2D eigenvalue weighted by molar-refractivity contribution is -0.140. The maximum absolute atomic E-state index is 12.3. The molecule has 0 spiro atoms. The Kier molecular flexibility index (Phi) is 5.49. The first-order valence-electron chi connectivity index (χ1n) is 8.42. The highest BCUT2D eigenvalue weighted by molar-refractivity contribution is 5.81. The van der Waals surface area contributed by atoms with E-state index in [1.54, 1.807) is 0 Å². The first-order chi connectivity index (χ1) is 10.4. The molecule has 3 heteroatoms. The standard InChI is InChI=1S/C19H29NO2/c1-5-22-17-9-7-6-8-16(17)14-15-10-12-20(13-11-15)18(21)19(2,3)4/h6-9,15H,5,10-14H2,1-4H3. The Morgan fingerprint density at radius 2 is 1.86 bits per heavy atom. The van der Waals surface area contributed by atoms with Crippen LogP contribution in [-0.4, -0.2) is 30.5 Å². The molecule has 1 heterocycles. The number of hydrogen-bond acceptors (Lipinski definition) is 2. The summed E-state index contributed by atoms with van der Waals surface area (Å²) in [5.74, 6) is 1.93. The third-order valence-corrected chi connectivity index (χ3v) is 4.32. The lowest BCUT2D eigenvalue weighted by Gasteiger charge is -2.36. The first kappa shape index (κ1) is 16.9. The minimum atomic E-state index is -0.269. The highest BCUT2D eigenvalue weighted by Gasteiger charge is 2.30. The van der Waals surface area contributed by atoms with Crippen molar-refractivity contribution < 1.29 is 9.53 Å². The highest BCUT2D eigenvalue weighted by Crippen LogP contribution is 2.28. The van der Waals surface area contributed by atoms with Gasteiger partial charge < -0.3 is 9.64 Å². The second-order valence-corrected chi connectivity index (χ2v) is 7.23. The van der Waals surface area contributed by atoms with Gasteiger partial charge in [0, 0.05) is 18.5 Å². The third-order valence-electron chi connectivity index (χ3n) is 4.32. The molecule has 0 aliphatic carbocycles. The Balaban J connectivity index is 1.92. The fourth-order valence-corrected chi connectivity index (χ4v) is 3.09. The summed E-state index contributed by atoms with van der Waals surface area (Å²) >= 11 is 0. The van der Waals surface area contributed by atoms with E-state index >= 15 is 0 Å². The van der Waals surface area contributed by atoms with Gasteiger partial charge in [0.15, 0.2) is 0 Å². The zero-order chi connectivity index (χ0) is 16.2. The van der Waals surface area contributed by atoms with Gasteiger partial charge in [-0.1, -0.05) is 39.0 Å². The zero-order valence-electron chi connectivity index (χ0n) is 14.4. The van der Waals surface area contributed by atoms with Gasteiger partial charge in [-0.05, 0) is 43.7 Å². The molecule has 0 saturated carbocycles. The largest absolute Gasteiger partial charge is 0.494 e. The van der Waals surface area contributed by atoms with Gasteiger partial charge >= 0.3 is 0 Å². The van der Waals surface area contributed by atoms with Crippen LogP contribution >= 0.6 is 0 Å². The average molecular weight is 303 g/mol. The van der Waals surface area contributed by atoms with Crippen molar-refractivity contribution >= 4 is 5.91 Å². The monoisotopic (exact) mass is 303 g/mol. The smallest absolute Gasteiger partial charge is 0.227 e. The van der Waals surface area contributed by atoms with Gasteiger partial charge in [0.25, 0.3) is 0 Å². The van der Waals surface area contributed by atoms with Crippen molar-refractivity contribution in [3.8, 4) is 5.75 Å². The molecule has 1 amide bonds. The molecule has 1 aromatic rings. The maximum atomic E-state index is 12.3. The Hall–Kier alpha value is -1.51. The molecule has 2 rings (SSSR count). The van der Waals surface area contributed by atoms with Crippen LogP contribution in [0.15, 0.2) is 24.3 Å². The Labute approximate surface area is 134 Å². The number of piperidine rings is 1. The van der Waals surface area contributed by atoms with Gasteiger partial charge in [-0.15, -0.1) is 0 Å². The van der Waals surface area contributed by atoms with Gasteiger partial charge in [-0.3, -0.25) is 4.79 Å². The fourth-order valence-electron chi connectivity index (χ4n) is 3.09. The predicted molar refractivity (Wildman–Crippen MR) is 90.1 cm³/mol. The van der Waals surface area contributed by atoms with E-state index in [1.165, 1.54) is 5.56 Å². The molecule has 3 nitrogen and oxygen atoms in total. The van der Waals surface area contributed by atoms with Gasteiger partial charge in [0.1, 0.15) is 5.75 Å². The van der Waals surface area contributed by atoms with Crippen LogP contribution in [0, 0.1) is 11.3 Å². The lowest BCUT2D eigenvalue weighted by atomic mass is 9.87. The van der Waals surface area contributed by atoms with Crippen molar-refractivity contribution in [2.24, 2.45) is 11.3 Å². The molecule has 1 aliphatic rings. The topological polar surface area (TPSA) is 29.5 Å². The fraction of sp³-hybridized carbons (Fsp3) is 0.632. The van der Waals surface area contributed by atoms with E-state index in [1.807, 2.05) is 38.7 Å². The van der Waals surface area contributed by atoms with Gasteiger partial charge in [0.05, 0.1) is 6.61 Å². The van der Waals surface area contributed by atoms with Crippen molar-refractivity contribution in [3.63, 3.8) is 0 Å². The molecule has 0 unspecified atom stereocenters. The van der Waals surface area contributed by atoms with Crippen LogP contribution in [0.5, 0.6) is 5.75 Å². The second-order valence-electron chi connectivity index (χ2n) is 7.23. The summed E-state index contributed by atoms with van der Waals surface area (Å²) in [5.41, 5.74) is 1.03. The van der Waals surface area contributed by atoms with Crippen LogP contribution in [0.2, 0.25) is 0 Å². The van der Waals surface area contributed by atoms with Crippen molar-refractivity contribution in [2.45, 2.75) is 47.0 Å². The number of carbonyl (C=O) groups excluding carboxylic acids is 1. The SMILES string of the molecule is CCOc1ccccc1CC1CCN(C(=O)C(C)(C)C)CC1. The van der Waals surface area contributed by atoms with Crippen molar-refractivity contribution in [2.75, 3.05) is 19.7 Å². The summed E-state index contributed by atoms with van der Waals surface area (Å²) in [6.45, 7) is 10.5. The highest BCUT2D eigenvalue weighted by atomic mass is 16.5. The van der Waals surface area contributed by atoms with Gasteiger partial charge in [0.2, 0.25) is 5.91 Å². The summed E-state index contributed by atoms with van der Waals surface area (Å²) in [6.07, 6.45) is 3.22. The molecule has 1 fully saturated rings. The number of amides is 1. The Morgan fingerprint density at radius 3 is 2.45 bits per heavy atom. The predicted octanol–water partition coefficient (Wildman–Crippen LogP) is 3.91. The zero-order valence-corrected chi connectivity index (χ0v) is 14.4. The van der Waals surface area contributed by atoms with Crippen molar-refractivity contribution in [1.82, 2.24) is 4.90 Å². The Morgan fingerprint density at radius 1 is 1.23 bits per heavy atom. The number of hydrogen-bond donors (Lipinski definition) is 0. The molecular formula is C19H29NO2.